The third-order valence-electron chi connectivity index (χ3n) is 8.28. The van der Waals surface area contributed by atoms with Crippen molar-refractivity contribution in [2.45, 2.75) is 79.2 Å². The van der Waals surface area contributed by atoms with E-state index in [-0.39, 0.29) is 57.8 Å². The fourth-order valence-electron chi connectivity index (χ4n) is 6.94. The number of esters is 2. The average molecular weight is 405 g/mol. The van der Waals surface area contributed by atoms with Crippen LogP contribution in [0.3, 0.4) is 0 Å². The SMILES string of the molecule is C=C[C@@]1(C)C[C@@H]2C(=O)CC3[C@@](C)(COC(C)=O)CCC[C@@]3(C)[C@H]2[C@H](OC(C)=O)C1. The lowest BCUT2D eigenvalue weighted by Gasteiger charge is -2.62. The van der Waals surface area contributed by atoms with Crippen molar-refractivity contribution < 1.29 is 23.9 Å². The minimum atomic E-state index is -0.293. The van der Waals surface area contributed by atoms with Gasteiger partial charge in [0, 0.05) is 37.5 Å². The molecule has 0 bridgehead atoms. The van der Waals surface area contributed by atoms with Crippen LogP contribution in [0.25, 0.3) is 0 Å². The van der Waals surface area contributed by atoms with Gasteiger partial charge in [0.15, 0.2) is 0 Å². The van der Waals surface area contributed by atoms with Gasteiger partial charge < -0.3 is 9.47 Å². The van der Waals surface area contributed by atoms with Gasteiger partial charge in [-0.25, -0.2) is 0 Å². The molecule has 0 radical (unpaired) electrons. The highest BCUT2D eigenvalue weighted by Gasteiger charge is 2.63. The van der Waals surface area contributed by atoms with E-state index in [0.29, 0.717) is 19.4 Å². The van der Waals surface area contributed by atoms with Crippen LogP contribution >= 0.6 is 0 Å². The second-order valence-corrected chi connectivity index (χ2v) is 10.6. The molecule has 3 fully saturated rings. The van der Waals surface area contributed by atoms with E-state index in [1.54, 1.807) is 0 Å². The molecule has 0 N–H and O–H groups in total. The lowest BCUT2D eigenvalue weighted by Crippen LogP contribution is -2.62. The molecule has 0 aromatic rings. The Bertz CT molecular complexity index is 714. The largest absolute Gasteiger partial charge is 0.465 e. The zero-order valence-electron chi connectivity index (χ0n) is 18.6. The second-order valence-electron chi connectivity index (χ2n) is 10.6. The maximum atomic E-state index is 13.4. The Morgan fingerprint density at radius 3 is 2.41 bits per heavy atom. The quantitative estimate of drug-likeness (QED) is 0.510. The summed E-state index contributed by atoms with van der Waals surface area (Å²) in [5.41, 5.74) is -0.580. The van der Waals surface area contributed by atoms with Gasteiger partial charge in [-0.2, -0.15) is 0 Å². The molecule has 0 amide bonds. The minimum Gasteiger partial charge on any atom is -0.465 e. The van der Waals surface area contributed by atoms with Crippen molar-refractivity contribution in [2.75, 3.05) is 6.61 Å². The molecule has 0 saturated heterocycles. The van der Waals surface area contributed by atoms with Gasteiger partial charge in [-0.3, -0.25) is 14.4 Å². The fourth-order valence-corrected chi connectivity index (χ4v) is 6.94. The van der Waals surface area contributed by atoms with Gasteiger partial charge in [0.1, 0.15) is 11.9 Å². The van der Waals surface area contributed by atoms with Crippen LogP contribution in [0.15, 0.2) is 12.7 Å². The van der Waals surface area contributed by atoms with Gasteiger partial charge in [0.2, 0.25) is 0 Å². The van der Waals surface area contributed by atoms with Crippen molar-refractivity contribution in [3.63, 3.8) is 0 Å². The molecule has 0 aromatic heterocycles. The molecule has 0 aliphatic heterocycles. The predicted octanol–water partition coefficient (Wildman–Crippen LogP) is 4.49. The van der Waals surface area contributed by atoms with Crippen molar-refractivity contribution in [1.29, 1.82) is 0 Å². The van der Waals surface area contributed by atoms with Crippen LogP contribution in [0.2, 0.25) is 0 Å². The summed E-state index contributed by atoms with van der Waals surface area (Å²) in [7, 11) is 0. The van der Waals surface area contributed by atoms with E-state index in [1.165, 1.54) is 13.8 Å². The molecule has 5 heteroatoms. The molecule has 0 aromatic carbocycles. The molecule has 29 heavy (non-hydrogen) atoms. The fraction of sp³-hybridized carbons (Fsp3) is 0.792. The van der Waals surface area contributed by atoms with E-state index in [9.17, 15) is 14.4 Å². The molecule has 0 spiro atoms. The van der Waals surface area contributed by atoms with E-state index < -0.39 is 0 Å². The van der Waals surface area contributed by atoms with E-state index >= 15 is 0 Å². The Labute approximate surface area is 174 Å². The molecule has 3 saturated carbocycles. The van der Waals surface area contributed by atoms with E-state index in [4.69, 9.17) is 9.47 Å². The first kappa shape index (κ1) is 22.0. The van der Waals surface area contributed by atoms with Gasteiger partial charge in [-0.1, -0.05) is 33.3 Å². The molecular weight excluding hydrogens is 368 g/mol. The topological polar surface area (TPSA) is 69.7 Å². The molecular formula is C24H36O5. The number of carbonyl (C=O) groups excluding carboxylic acids is 3. The van der Waals surface area contributed by atoms with E-state index in [2.05, 4.69) is 27.4 Å². The summed E-state index contributed by atoms with van der Waals surface area (Å²) in [6, 6.07) is 0. The lowest BCUT2D eigenvalue weighted by molar-refractivity contribution is -0.197. The second kappa shape index (κ2) is 7.55. The van der Waals surface area contributed by atoms with Crippen molar-refractivity contribution >= 4 is 17.7 Å². The number of hydrogen-bond acceptors (Lipinski definition) is 5. The number of ketones is 1. The first-order valence-corrected chi connectivity index (χ1v) is 10.9. The number of hydrogen-bond donors (Lipinski definition) is 0. The Morgan fingerprint density at radius 1 is 1.14 bits per heavy atom. The molecule has 3 aliphatic rings. The van der Waals surface area contributed by atoms with Gasteiger partial charge in [0.25, 0.3) is 0 Å². The third kappa shape index (κ3) is 3.89. The zero-order chi connectivity index (χ0) is 21.6. The number of carbonyl (C=O) groups is 3. The highest BCUT2D eigenvalue weighted by Crippen LogP contribution is 2.65. The van der Waals surface area contributed by atoms with E-state index in [1.807, 2.05) is 6.08 Å². The van der Waals surface area contributed by atoms with Gasteiger partial charge in [0.05, 0.1) is 6.61 Å². The van der Waals surface area contributed by atoms with Crippen LogP contribution in [0.4, 0.5) is 0 Å². The van der Waals surface area contributed by atoms with Crippen LogP contribution in [0, 0.1) is 34.0 Å². The first-order chi connectivity index (χ1) is 13.4. The summed E-state index contributed by atoms with van der Waals surface area (Å²) in [6.07, 6.45) is 6.57. The first-order valence-electron chi connectivity index (χ1n) is 10.9. The standard InChI is InChI=1S/C24H36O5/c1-7-22(4)12-17-18(27)11-20-23(5,14-28-15(2)25)9-8-10-24(20,6)21(17)19(13-22)29-16(3)26/h7,17,19-21H,1,8-14H2,2-6H3/t17-,19-,20?,21-,22+,23-,24-/m1/s1. The summed E-state index contributed by atoms with van der Waals surface area (Å²) in [5, 5.41) is 0. The number of ether oxygens (including phenoxy) is 2. The number of fused-ring (bicyclic) bond motifs is 3. The summed E-state index contributed by atoms with van der Waals surface area (Å²) in [5.74, 6) is -0.313. The van der Waals surface area contributed by atoms with Crippen LogP contribution in [-0.2, 0) is 23.9 Å². The Kier molecular flexibility index (Phi) is 5.74. The smallest absolute Gasteiger partial charge is 0.302 e. The molecule has 0 heterocycles. The highest BCUT2D eigenvalue weighted by atomic mass is 16.5. The summed E-state index contributed by atoms with van der Waals surface area (Å²) < 4.78 is 11.3. The van der Waals surface area contributed by atoms with Crippen LogP contribution in [0.5, 0.6) is 0 Å². The lowest BCUT2D eigenvalue weighted by atomic mass is 9.42. The Balaban J connectivity index is 2.01. The Morgan fingerprint density at radius 2 is 1.83 bits per heavy atom. The molecule has 7 atom stereocenters. The van der Waals surface area contributed by atoms with Crippen molar-refractivity contribution in [3.8, 4) is 0 Å². The van der Waals surface area contributed by atoms with Crippen LogP contribution in [0.1, 0.15) is 73.1 Å². The normalized spacial score (nSPS) is 44.2. The molecule has 3 rings (SSSR count). The van der Waals surface area contributed by atoms with Crippen molar-refractivity contribution in [2.24, 2.45) is 34.0 Å². The van der Waals surface area contributed by atoms with Gasteiger partial charge >= 0.3 is 11.9 Å². The van der Waals surface area contributed by atoms with E-state index in [0.717, 1.165) is 25.7 Å². The number of rotatable bonds is 4. The minimum absolute atomic E-state index is 0.00243. The summed E-state index contributed by atoms with van der Waals surface area (Å²) >= 11 is 0. The van der Waals surface area contributed by atoms with Crippen molar-refractivity contribution in [3.05, 3.63) is 12.7 Å². The van der Waals surface area contributed by atoms with Gasteiger partial charge in [-0.05, 0) is 42.4 Å². The highest BCUT2D eigenvalue weighted by molar-refractivity contribution is 5.83. The molecule has 1 unspecified atom stereocenters. The maximum absolute atomic E-state index is 13.4. The third-order valence-corrected chi connectivity index (χ3v) is 8.28. The molecule has 162 valence electrons. The zero-order valence-corrected chi connectivity index (χ0v) is 18.6. The Hall–Kier alpha value is -1.65. The molecule has 3 aliphatic carbocycles. The average Bonchev–Trinajstić information content (AvgIpc) is 2.61. The van der Waals surface area contributed by atoms with Crippen LogP contribution in [-0.4, -0.2) is 30.4 Å². The molecule has 5 nitrogen and oxygen atoms in total. The summed E-state index contributed by atoms with van der Waals surface area (Å²) in [4.78, 5) is 36.8. The monoisotopic (exact) mass is 404 g/mol. The van der Waals surface area contributed by atoms with Gasteiger partial charge in [-0.15, -0.1) is 6.58 Å². The maximum Gasteiger partial charge on any atom is 0.302 e. The summed E-state index contributed by atoms with van der Waals surface area (Å²) in [6.45, 7) is 13.8. The number of Topliss-reactive ketones (excluding diaryl/α,β-unsaturated/α-hetero) is 1. The number of allylic oxidation sites excluding steroid dienone is 1. The van der Waals surface area contributed by atoms with Crippen LogP contribution < -0.4 is 0 Å². The predicted molar refractivity (Wildman–Crippen MR) is 110 cm³/mol. The van der Waals surface area contributed by atoms with Crippen molar-refractivity contribution in [1.82, 2.24) is 0 Å².